The molecule has 0 aliphatic carbocycles. The van der Waals surface area contributed by atoms with Crippen LogP contribution in [0.15, 0.2) is 24.3 Å². The molecular weight excluding hydrogens is 294 g/mol. The second-order valence-electron chi connectivity index (χ2n) is 6.23. The highest BCUT2D eigenvalue weighted by Crippen LogP contribution is 2.18. The Labute approximate surface area is 137 Å². The molecule has 0 saturated carbocycles. The number of nitrogens with two attached hydrogens (primary N) is 1. The molecule has 2 amide bonds. The standard InChI is InChI=1S/C17H25N3O3/c1-11(2)15(18)16(21)19-14-8-9-20(17(14)22)10-12-4-6-13(23-3)7-5-12/h4-7,11,14-15H,8-10,18H2,1-3H3,(H,19,21)/t14?,15-/m0/s1. The van der Waals surface area contributed by atoms with Gasteiger partial charge >= 0.3 is 0 Å². The summed E-state index contributed by atoms with van der Waals surface area (Å²) < 4.78 is 5.12. The van der Waals surface area contributed by atoms with Gasteiger partial charge in [0, 0.05) is 13.1 Å². The zero-order chi connectivity index (χ0) is 17.0. The van der Waals surface area contributed by atoms with Gasteiger partial charge in [0.15, 0.2) is 0 Å². The summed E-state index contributed by atoms with van der Waals surface area (Å²) in [7, 11) is 1.62. The minimum atomic E-state index is -0.585. The molecule has 1 fully saturated rings. The van der Waals surface area contributed by atoms with Gasteiger partial charge in [0.1, 0.15) is 11.8 Å². The summed E-state index contributed by atoms with van der Waals surface area (Å²) in [6, 6.07) is 6.57. The van der Waals surface area contributed by atoms with Crippen LogP contribution in [0.3, 0.4) is 0 Å². The van der Waals surface area contributed by atoms with Gasteiger partial charge in [-0.2, -0.15) is 0 Å². The summed E-state index contributed by atoms with van der Waals surface area (Å²) in [5, 5.41) is 2.77. The molecule has 0 bridgehead atoms. The molecule has 0 spiro atoms. The molecule has 3 N–H and O–H groups in total. The third-order valence-corrected chi connectivity index (χ3v) is 4.17. The second-order valence-corrected chi connectivity index (χ2v) is 6.23. The fourth-order valence-electron chi connectivity index (χ4n) is 2.55. The Morgan fingerprint density at radius 2 is 2.04 bits per heavy atom. The fourth-order valence-corrected chi connectivity index (χ4v) is 2.55. The fraction of sp³-hybridized carbons (Fsp3) is 0.529. The van der Waals surface area contributed by atoms with E-state index in [9.17, 15) is 9.59 Å². The van der Waals surface area contributed by atoms with Crippen molar-refractivity contribution in [2.45, 2.75) is 38.9 Å². The molecule has 23 heavy (non-hydrogen) atoms. The molecule has 1 unspecified atom stereocenters. The number of ether oxygens (including phenoxy) is 1. The molecule has 6 nitrogen and oxygen atoms in total. The first-order chi connectivity index (χ1) is 10.9. The van der Waals surface area contributed by atoms with E-state index in [1.54, 1.807) is 12.0 Å². The molecule has 0 radical (unpaired) electrons. The van der Waals surface area contributed by atoms with Crippen molar-refractivity contribution in [3.8, 4) is 5.75 Å². The van der Waals surface area contributed by atoms with Gasteiger partial charge in [-0.05, 0) is 30.0 Å². The van der Waals surface area contributed by atoms with Gasteiger partial charge in [-0.15, -0.1) is 0 Å². The van der Waals surface area contributed by atoms with E-state index in [1.165, 1.54) is 0 Å². The molecule has 2 rings (SSSR count). The predicted octanol–water partition coefficient (Wildman–Crippen LogP) is 0.896. The van der Waals surface area contributed by atoms with E-state index in [-0.39, 0.29) is 17.7 Å². The molecule has 2 atom stereocenters. The van der Waals surface area contributed by atoms with Gasteiger partial charge in [0.25, 0.3) is 0 Å². The Balaban J connectivity index is 1.92. The zero-order valence-electron chi connectivity index (χ0n) is 13.9. The quantitative estimate of drug-likeness (QED) is 0.816. The summed E-state index contributed by atoms with van der Waals surface area (Å²) >= 11 is 0. The average molecular weight is 319 g/mol. The number of likely N-dealkylation sites (tertiary alicyclic amines) is 1. The highest BCUT2D eigenvalue weighted by atomic mass is 16.5. The highest BCUT2D eigenvalue weighted by molar-refractivity contribution is 5.91. The third-order valence-electron chi connectivity index (χ3n) is 4.17. The first-order valence-corrected chi connectivity index (χ1v) is 7.90. The molecule has 6 heteroatoms. The zero-order valence-corrected chi connectivity index (χ0v) is 13.9. The summed E-state index contributed by atoms with van der Waals surface area (Å²) in [5.74, 6) is 0.519. The number of nitrogens with zero attached hydrogens (tertiary/aromatic N) is 1. The van der Waals surface area contributed by atoms with Crippen molar-refractivity contribution in [3.63, 3.8) is 0 Å². The third kappa shape index (κ3) is 4.22. The SMILES string of the molecule is COc1ccc(CN2CCC(NC(=O)[C@@H](N)C(C)C)C2=O)cc1. The molecule has 1 aromatic carbocycles. The maximum absolute atomic E-state index is 12.4. The lowest BCUT2D eigenvalue weighted by atomic mass is 10.0. The van der Waals surface area contributed by atoms with Crippen molar-refractivity contribution >= 4 is 11.8 Å². The smallest absolute Gasteiger partial charge is 0.245 e. The number of rotatable bonds is 6. The van der Waals surface area contributed by atoms with Crippen molar-refractivity contribution in [2.75, 3.05) is 13.7 Å². The van der Waals surface area contributed by atoms with E-state index in [1.807, 2.05) is 38.1 Å². The van der Waals surface area contributed by atoms with Crippen LogP contribution in [0.1, 0.15) is 25.8 Å². The van der Waals surface area contributed by atoms with Crippen LogP contribution in [0, 0.1) is 5.92 Å². The summed E-state index contributed by atoms with van der Waals surface area (Å²) in [5.41, 5.74) is 6.85. The van der Waals surface area contributed by atoms with Crippen LogP contribution < -0.4 is 15.8 Å². The van der Waals surface area contributed by atoms with Crippen LogP contribution >= 0.6 is 0 Å². The number of methoxy groups -OCH3 is 1. The van der Waals surface area contributed by atoms with Crippen molar-refractivity contribution in [3.05, 3.63) is 29.8 Å². The Bertz CT molecular complexity index is 557. The normalized spacial score (nSPS) is 19.1. The van der Waals surface area contributed by atoms with Crippen molar-refractivity contribution in [1.29, 1.82) is 0 Å². The van der Waals surface area contributed by atoms with Gasteiger partial charge < -0.3 is 20.7 Å². The molecule has 1 saturated heterocycles. The van der Waals surface area contributed by atoms with Gasteiger partial charge in [-0.25, -0.2) is 0 Å². The average Bonchev–Trinajstić information content (AvgIpc) is 2.88. The first kappa shape index (κ1) is 17.3. The second kappa shape index (κ2) is 7.46. The number of carbonyl (C=O) groups is 2. The largest absolute Gasteiger partial charge is 0.497 e. The maximum atomic E-state index is 12.4. The van der Waals surface area contributed by atoms with Crippen LogP contribution in [-0.4, -0.2) is 42.5 Å². The van der Waals surface area contributed by atoms with E-state index < -0.39 is 12.1 Å². The molecule has 1 aliphatic heterocycles. The van der Waals surface area contributed by atoms with Gasteiger partial charge in [-0.3, -0.25) is 9.59 Å². The topological polar surface area (TPSA) is 84.7 Å². The molecular formula is C17H25N3O3. The summed E-state index contributed by atoms with van der Waals surface area (Å²) in [4.78, 5) is 26.2. The molecule has 1 heterocycles. The number of carbonyl (C=O) groups excluding carboxylic acids is 2. The number of benzene rings is 1. The Morgan fingerprint density at radius 3 is 2.61 bits per heavy atom. The lowest BCUT2D eigenvalue weighted by Crippen LogP contribution is -2.50. The van der Waals surface area contributed by atoms with E-state index in [4.69, 9.17) is 10.5 Å². The number of hydrogen-bond acceptors (Lipinski definition) is 4. The molecule has 1 aliphatic rings. The van der Waals surface area contributed by atoms with Crippen LogP contribution in [0.4, 0.5) is 0 Å². The highest BCUT2D eigenvalue weighted by Gasteiger charge is 2.33. The van der Waals surface area contributed by atoms with Gasteiger partial charge in [0.2, 0.25) is 11.8 Å². The van der Waals surface area contributed by atoms with Crippen LogP contribution in [-0.2, 0) is 16.1 Å². The Kier molecular flexibility index (Phi) is 5.60. The number of nitrogens with one attached hydrogen (secondary N) is 1. The number of amides is 2. The maximum Gasteiger partial charge on any atom is 0.245 e. The first-order valence-electron chi connectivity index (χ1n) is 7.90. The van der Waals surface area contributed by atoms with E-state index in [0.29, 0.717) is 19.5 Å². The molecule has 0 aromatic heterocycles. The summed E-state index contributed by atoms with van der Waals surface area (Å²) in [6.07, 6.45) is 0.617. The minimum Gasteiger partial charge on any atom is -0.497 e. The van der Waals surface area contributed by atoms with Crippen molar-refractivity contribution in [2.24, 2.45) is 11.7 Å². The van der Waals surface area contributed by atoms with Crippen LogP contribution in [0.5, 0.6) is 5.75 Å². The minimum absolute atomic E-state index is 0.0434. The molecule has 1 aromatic rings. The van der Waals surface area contributed by atoms with Crippen LogP contribution in [0.25, 0.3) is 0 Å². The number of hydrogen-bond donors (Lipinski definition) is 2. The summed E-state index contributed by atoms with van der Waals surface area (Å²) in [6.45, 7) is 4.94. The van der Waals surface area contributed by atoms with Crippen LogP contribution in [0.2, 0.25) is 0 Å². The lowest BCUT2D eigenvalue weighted by Gasteiger charge is -2.20. The van der Waals surface area contributed by atoms with Crippen molar-refractivity contribution in [1.82, 2.24) is 10.2 Å². The van der Waals surface area contributed by atoms with E-state index in [2.05, 4.69) is 5.32 Å². The predicted molar refractivity (Wildman–Crippen MR) is 87.8 cm³/mol. The molecule has 126 valence electrons. The van der Waals surface area contributed by atoms with Gasteiger partial charge in [-0.1, -0.05) is 26.0 Å². The Morgan fingerprint density at radius 1 is 1.39 bits per heavy atom. The Hall–Kier alpha value is -2.08. The van der Waals surface area contributed by atoms with E-state index in [0.717, 1.165) is 11.3 Å². The monoisotopic (exact) mass is 319 g/mol. The lowest BCUT2D eigenvalue weighted by molar-refractivity contribution is -0.133. The van der Waals surface area contributed by atoms with Crippen molar-refractivity contribution < 1.29 is 14.3 Å². The van der Waals surface area contributed by atoms with E-state index >= 15 is 0 Å². The van der Waals surface area contributed by atoms with Gasteiger partial charge in [0.05, 0.1) is 13.2 Å².